The molecule has 0 spiro atoms. The van der Waals surface area contributed by atoms with E-state index in [-0.39, 0.29) is 6.42 Å². The minimum Gasteiger partial charge on any atom is -0.481 e. The van der Waals surface area contributed by atoms with Gasteiger partial charge in [0, 0.05) is 6.54 Å². The van der Waals surface area contributed by atoms with Crippen molar-refractivity contribution in [3.63, 3.8) is 0 Å². The van der Waals surface area contributed by atoms with Gasteiger partial charge < -0.3 is 19.8 Å². The number of aliphatic hydroxyl groups excluding tert-OH is 1. The van der Waals surface area contributed by atoms with E-state index in [1.807, 2.05) is 0 Å². The minimum atomic E-state index is -1.07. The standard InChI is InChI=1S/C12H21NO5/c1-12(2,3)18-11(17)13-6-4-5-8(13)9(14)7-10(15)16/h8-9,14H,4-7H2,1-3H3,(H,15,16)/t8?,9-/m1/s1. The second-order valence-electron chi connectivity index (χ2n) is 5.55. The maximum atomic E-state index is 11.9. The molecule has 104 valence electrons. The molecule has 1 aliphatic heterocycles. The zero-order valence-electron chi connectivity index (χ0n) is 11.0. The molecule has 0 aromatic rings. The van der Waals surface area contributed by atoms with Crippen LogP contribution in [0.25, 0.3) is 0 Å². The topological polar surface area (TPSA) is 87.1 Å². The molecule has 0 aromatic heterocycles. The number of amides is 1. The van der Waals surface area contributed by atoms with Crippen molar-refractivity contribution in [3.8, 4) is 0 Å². The van der Waals surface area contributed by atoms with Crippen molar-refractivity contribution in [3.05, 3.63) is 0 Å². The zero-order valence-corrected chi connectivity index (χ0v) is 11.0. The molecule has 0 bridgehead atoms. The van der Waals surface area contributed by atoms with Crippen LogP contribution in [0.1, 0.15) is 40.0 Å². The SMILES string of the molecule is CC(C)(C)OC(=O)N1CCCC1[C@H](O)CC(=O)O. The van der Waals surface area contributed by atoms with Crippen molar-refractivity contribution < 1.29 is 24.5 Å². The molecule has 2 atom stereocenters. The quantitative estimate of drug-likeness (QED) is 0.795. The Morgan fingerprint density at radius 2 is 2.06 bits per heavy atom. The molecule has 1 fully saturated rings. The molecule has 0 radical (unpaired) electrons. The number of likely N-dealkylation sites (tertiary alicyclic amines) is 1. The summed E-state index contributed by atoms with van der Waals surface area (Å²) < 4.78 is 5.24. The first-order valence-corrected chi connectivity index (χ1v) is 6.10. The van der Waals surface area contributed by atoms with Crippen LogP contribution in [-0.4, -0.2) is 51.5 Å². The van der Waals surface area contributed by atoms with Gasteiger partial charge in [-0.25, -0.2) is 4.79 Å². The molecule has 1 aliphatic rings. The Labute approximate surface area is 107 Å². The molecule has 1 saturated heterocycles. The van der Waals surface area contributed by atoms with Gasteiger partial charge in [-0.2, -0.15) is 0 Å². The van der Waals surface area contributed by atoms with Crippen LogP contribution in [0.2, 0.25) is 0 Å². The van der Waals surface area contributed by atoms with Gasteiger partial charge >= 0.3 is 12.1 Å². The first-order valence-electron chi connectivity index (χ1n) is 6.10. The summed E-state index contributed by atoms with van der Waals surface area (Å²) in [4.78, 5) is 23.9. The van der Waals surface area contributed by atoms with E-state index in [9.17, 15) is 14.7 Å². The van der Waals surface area contributed by atoms with Crippen LogP contribution in [0.15, 0.2) is 0 Å². The number of hydrogen-bond donors (Lipinski definition) is 2. The van der Waals surface area contributed by atoms with Crippen LogP contribution >= 0.6 is 0 Å². The molecule has 0 aromatic carbocycles. The lowest BCUT2D eigenvalue weighted by Crippen LogP contribution is -2.45. The first kappa shape index (κ1) is 14.8. The third kappa shape index (κ3) is 4.18. The van der Waals surface area contributed by atoms with Crippen LogP contribution in [0.3, 0.4) is 0 Å². The smallest absolute Gasteiger partial charge is 0.410 e. The van der Waals surface area contributed by atoms with Crippen LogP contribution in [0.5, 0.6) is 0 Å². The summed E-state index contributed by atoms with van der Waals surface area (Å²) in [6, 6.07) is -0.462. The van der Waals surface area contributed by atoms with Gasteiger partial charge in [-0.15, -0.1) is 0 Å². The Kier molecular flexibility index (Phi) is 4.56. The van der Waals surface area contributed by atoms with E-state index in [2.05, 4.69) is 0 Å². The van der Waals surface area contributed by atoms with Gasteiger partial charge in [-0.05, 0) is 33.6 Å². The van der Waals surface area contributed by atoms with Crippen molar-refractivity contribution in [2.45, 2.75) is 57.8 Å². The molecular formula is C12H21NO5. The van der Waals surface area contributed by atoms with Gasteiger partial charge in [0.2, 0.25) is 0 Å². The first-order chi connectivity index (χ1) is 8.20. The van der Waals surface area contributed by atoms with Gasteiger partial charge in [-0.3, -0.25) is 4.79 Å². The third-order valence-corrected chi connectivity index (χ3v) is 2.76. The highest BCUT2D eigenvalue weighted by Gasteiger charge is 2.36. The Morgan fingerprint density at radius 1 is 1.44 bits per heavy atom. The van der Waals surface area contributed by atoms with E-state index in [0.717, 1.165) is 6.42 Å². The Balaban J connectivity index is 2.64. The van der Waals surface area contributed by atoms with Crippen molar-refractivity contribution in [1.29, 1.82) is 0 Å². The van der Waals surface area contributed by atoms with Gasteiger partial charge in [0.05, 0.1) is 18.6 Å². The predicted octanol–water partition coefficient (Wildman–Crippen LogP) is 1.22. The summed E-state index contributed by atoms with van der Waals surface area (Å²) in [5.74, 6) is -1.07. The monoisotopic (exact) mass is 259 g/mol. The number of carboxylic acids is 1. The Morgan fingerprint density at radius 3 is 2.56 bits per heavy atom. The number of carbonyl (C=O) groups is 2. The number of carbonyl (C=O) groups excluding carboxylic acids is 1. The molecule has 0 saturated carbocycles. The Bertz CT molecular complexity index is 323. The number of hydrogen-bond acceptors (Lipinski definition) is 4. The number of nitrogens with zero attached hydrogens (tertiary/aromatic N) is 1. The second kappa shape index (κ2) is 5.56. The van der Waals surface area contributed by atoms with Crippen molar-refractivity contribution in [1.82, 2.24) is 4.90 Å². The summed E-state index contributed by atoms with van der Waals surface area (Å²) >= 11 is 0. The molecular weight excluding hydrogens is 238 g/mol. The predicted molar refractivity (Wildman–Crippen MR) is 64.2 cm³/mol. The van der Waals surface area contributed by atoms with Crippen molar-refractivity contribution in [2.24, 2.45) is 0 Å². The minimum absolute atomic E-state index is 0.357. The lowest BCUT2D eigenvalue weighted by Gasteiger charge is -2.30. The van der Waals surface area contributed by atoms with E-state index in [0.29, 0.717) is 13.0 Å². The third-order valence-electron chi connectivity index (χ3n) is 2.76. The largest absolute Gasteiger partial charge is 0.481 e. The van der Waals surface area contributed by atoms with E-state index in [1.165, 1.54) is 4.90 Å². The van der Waals surface area contributed by atoms with E-state index in [1.54, 1.807) is 20.8 Å². The van der Waals surface area contributed by atoms with Crippen LogP contribution in [-0.2, 0) is 9.53 Å². The van der Waals surface area contributed by atoms with Crippen LogP contribution in [0, 0.1) is 0 Å². The fourth-order valence-electron chi connectivity index (χ4n) is 2.05. The number of carboxylic acid groups (broad SMARTS) is 1. The van der Waals surface area contributed by atoms with Gasteiger partial charge in [0.15, 0.2) is 0 Å². The maximum absolute atomic E-state index is 11.9. The fraction of sp³-hybridized carbons (Fsp3) is 0.833. The summed E-state index contributed by atoms with van der Waals surface area (Å²) in [6.07, 6.45) is -0.537. The number of aliphatic hydroxyl groups is 1. The second-order valence-corrected chi connectivity index (χ2v) is 5.55. The molecule has 1 heterocycles. The molecule has 0 aliphatic carbocycles. The highest BCUT2D eigenvalue weighted by Crippen LogP contribution is 2.24. The summed E-state index contributed by atoms with van der Waals surface area (Å²) in [5, 5.41) is 18.5. The zero-order chi connectivity index (χ0) is 13.9. The van der Waals surface area contributed by atoms with Crippen molar-refractivity contribution in [2.75, 3.05) is 6.54 Å². The molecule has 6 nitrogen and oxygen atoms in total. The van der Waals surface area contributed by atoms with Gasteiger partial charge in [-0.1, -0.05) is 0 Å². The lowest BCUT2D eigenvalue weighted by atomic mass is 10.1. The number of aliphatic carboxylic acids is 1. The fourth-order valence-corrected chi connectivity index (χ4v) is 2.05. The van der Waals surface area contributed by atoms with Gasteiger partial charge in [0.25, 0.3) is 0 Å². The Hall–Kier alpha value is -1.30. The van der Waals surface area contributed by atoms with Crippen molar-refractivity contribution >= 4 is 12.1 Å². The van der Waals surface area contributed by atoms with E-state index >= 15 is 0 Å². The average molecular weight is 259 g/mol. The normalized spacial score (nSPS) is 21.8. The van der Waals surface area contributed by atoms with Gasteiger partial charge in [0.1, 0.15) is 5.60 Å². The van der Waals surface area contributed by atoms with Crippen LogP contribution in [0.4, 0.5) is 4.79 Å². The molecule has 1 unspecified atom stereocenters. The molecule has 18 heavy (non-hydrogen) atoms. The number of ether oxygens (including phenoxy) is 1. The summed E-state index contributed by atoms with van der Waals surface area (Å²) in [6.45, 7) is 5.80. The van der Waals surface area contributed by atoms with E-state index < -0.39 is 29.8 Å². The molecule has 1 amide bonds. The van der Waals surface area contributed by atoms with E-state index in [4.69, 9.17) is 9.84 Å². The molecule has 6 heteroatoms. The lowest BCUT2D eigenvalue weighted by molar-refractivity contribution is -0.140. The molecule has 1 rings (SSSR count). The van der Waals surface area contributed by atoms with Crippen LogP contribution < -0.4 is 0 Å². The number of rotatable bonds is 3. The highest BCUT2D eigenvalue weighted by atomic mass is 16.6. The average Bonchev–Trinajstić information content (AvgIpc) is 2.61. The summed E-state index contributed by atoms with van der Waals surface area (Å²) in [7, 11) is 0. The summed E-state index contributed by atoms with van der Waals surface area (Å²) in [5.41, 5.74) is -0.595. The molecule has 2 N–H and O–H groups in total. The highest BCUT2D eigenvalue weighted by molar-refractivity contribution is 5.70. The maximum Gasteiger partial charge on any atom is 0.410 e.